The lowest BCUT2D eigenvalue weighted by Crippen LogP contribution is -2.10. The average Bonchev–Trinajstić information content (AvgIpc) is 3.80. The second-order valence-electron chi connectivity index (χ2n) is 11.9. The molecule has 0 aliphatic heterocycles. The summed E-state index contributed by atoms with van der Waals surface area (Å²) in [7, 11) is 0. The van der Waals surface area contributed by atoms with Crippen molar-refractivity contribution in [3.05, 3.63) is 176 Å². The van der Waals surface area contributed by atoms with Crippen LogP contribution in [0.2, 0.25) is 0 Å². The molecule has 0 amide bonds. The number of hydrogen-bond donors (Lipinski definition) is 0. The van der Waals surface area contributed by atoms with E-state index in [4.69, 9.17) is 4.42 Å². The van der Waals surface area contributed by atoms with Crippen LogP contribution in [0.1, 0.15) is 11.0 Å². The number of anilines is 3. The third-order valence-corrected chi connectivity index (χ3v) is 10.2. The van der Waals surface area contributed by atoms with Crippen molar-refractivity contribution >= 4 is 81.3 Å². The van der Waals surface area contributed by atoms with Gasteiger partial charge in [0, 0.05) is 48.0 Å². The van der Waals surface area contributed by atoms with E-state index in [9.17, 15) is 11.0 Å². The lowest BCUT2D eigenvalue weighted by molar-refractivity contribution is 0.669. The number of hydrogen-bond acceptors (Lipinski definition) is 3. The van der Waals surface area contributed by atoms with Gasteiger partial charge in [-0.2, -0.15) is 0 Å². The normalized spacial score (nSPS) is 14.0. The molecule has 0 saturated carbocycles. The van der Waals surface area contributed by atoms with Gasteiger partial charge in [-0.3, -0.25) is 0 Å². The lowest BCUT2D eigenvalue weighted by Gasteiger charge is -2.26. The highest BCUT2D eigenvalue weighted by Crippen LogP contribution is 2.43. The van der Waals surface area contributed by atoms with Crippen LogP contribution in [0.3, 0.4) is 0 Å². The Labute approximate surface area is 299 Å². The van der Waals surface area contributed by atoms with Gasteiger partial charge in [0.2, 0.25) is 0 Å². The monoisotopic (exact) mass is 651 g/mol. The maximum absolute atomic E-state index is 9.89. The third kappa shape index (κ3) is 4.62. The van der Waals surface area contributed by atoms with Crippen LogP contribution < -0.4 is 4.90 Å². The van der Waals surface area contributed by atoms with Gasteiger partial charge >= 0.3 is 0 Å². The number of para-hydroxylation sites is 1. The Morgan fingerprint density at radius 2 is 1.20 bits per heavy atom. The largest absolute Gasteiger partial charge is 0.456 e. The number of rotatable bonds is 5. The van der Waals surface area contributed by atoms with Crippen LogP contribution in [0.25, 0.3) is 75.1 Å². The molecule has 8 aromatic carbocycles. The van der Waals surface area contributed by atoms with Crippen LogP contribution in [0, 0.1) is 0 Å². The van der Waals surface area contributed by atoms with Gasteiger partial charge in [0.05, 0.1) is 11.0 Å². The number of thiophene rings is 1. The van der Waals surface area contributed by atoms with Crippen molar-refractivity contribution in [2.45, 2.75) is 0 Å². The van der Waals surface area contributed by atoms with Crippen molar-refractivity contribution < 1.29 is 15.4 Å². The highest BCUT2D eigenvalue weighted by atomic mass is 32.1. The molecule has 0 aliphatic carbocycles. The summed E-state index contributed by atoms with van der Waals surface area (Å²) in [6.45, 7) is 0. The zero-order chi connectivity index (χ0) is 39.3. The first-order valence-electron chi connectivity index (χ1n) is 19.9. The molecule has 0 unspecified atom stereocenters. The number of benzene rings is 8. The quantitative estimate of drug-likeness (QED) is 0.184. The van der Waals surface area contributed by atoms with E-state index < -0.39 is 12.1 Å². The molecule has 10 rings (SSSR count). The van der Waals surface area contributed by atoms with Crippen molar-refractivity contribution in [2.75, 3.05) is 4.90 Å². The Morgan fingerprint density at radius 3 is 2.12 bits per heavy atom. The summed E-state index contributed by atoms with van der Waals surface area (Å²) in [5.41, 5.74) is 2.57. The van der Waals surface area contributed by atoms with Crippen LogP contribution in [0.15, 0.2) is 180 Å². The SMILES string of the molecule is [2H]c1c([2H])c(-c2cccc3c2sc2ccccc23)c([2H])c(N(c2ccc3oc4ccccc4c3c2)c2c([2H])c([2H])c(-c3cccc4ccccc34)c([2H])c2[2H])c1[2H]. The molecule has 49 heavy (non-hydrogen) atoms. The fraction of sp³-hybridized carbons (Fsp3) is 0. The highest BCUT2D eigenvalue weighted by molar-refractivity contribution is 7.26. The number of fused-ring (bicyclic) bond motifs is 7. The van der Waals surface area contributed by atoms with Gasteiger partial charge < -0.3 is 9.32 Å². The molecule has 0 bridgehead atoms. The van der Waals surface area contributed by atoms with Gasteiger partial charge in [0.1, 0.15) is 11.2 Å². The first kappa shape index (κ1) is 20.9. The standard InChI is InChI=1S/C46H29NOS/c1-2-14-36-30(10-1)11-8-17-37(36)31-22-24-33(25-23-31)47(35-26-27-44-42(29-35)39-15-3-5-20-43(39)48-44)34-13-7-12-32(28-34)38-18-9-19-41-40-16-4-6-21-45(40)49-46(38)41/h1-29H/i7D,12D,13D,22D,23D,24D,25D,28D. The third-order valence-electron chi connectivity index (χ3n) is 9.02. The lowest BCUT2D eigenvalue weighted by atomic mass is 9.98. The summed E-state index contributed by atoms with van der Waals surface area (Å²) in [5.74, 6) is 0. The molecule has 2 nitrogen and oxygen atoms in total. The van der Waals surface area contributed by atoms with Crippen molar-refractivity contribution in [3.63, 3.8) is 0 Å². The summed E-state index contributed by atoms with van der Waals surface area (Å²) < 4.78 is 83.7. The molecular formula is C46H29NOS. The van der Waals surface area contributed by atoms with Gasteiger partial charge in [-0.25, -0.2) is 0 Å². The van der Waals surface area contributed by atoms with Gasteiger partial charge in [-0.15, -0.1) is 11.3 Å². The molecule has 0 N–H and O–H groups in total. The molecule has 0 radical (unpaired) electrons. The summed E-state index contributed by atoms with van der Waals surface area (Å²) in [4.78, 5) is 1.39. The first-order chi connectivity index (χ1) is 27.6. The molecule has 0 atom stereocenters. The maximum Gasteiger partial charge on any atom is 0.135 e. The Balaban J connectivity index is 1.30. The van der Waals surface area contributed by atoms with Crippen LogP contribution >= 0.6 is 11.3 Å². The van der Waals surface area contributed by atoms with E-state index >= 15 is 0 Å². The summed E-state index contributed by atoms with van der Waals surface area (Å²) in [5, 5.41) is 5.13. The Kier molecular flexibility index (Phi) is 4.80. The van der Waals surface area contributed by atoms with E-state index in [-0.39, 0.29) is 58.8 Å². The van der Waals surface area contributed by atoms with Gasteiger partial charge in [0.25, 0.3) is 0 Å². The first-order valence-corrected chi connectivity index (χ1v) is 16.8. The Bertz CT molecular complexity index is 3280. The minimum Gasteiger partial charge on any atom is -0.456 e. The zero-order valence-electron chi connectivity index (χ0n) is 33.9. The van der Waals surface area contributed by atoms with Gasteiger partial charge in [-0.05, 0) is 87.5 Å². The van der Waals surface area contributed by atoms with E-state index in [1.54, 1.807) is 24.3 Å². The van der Waals surface area contributed by atoms with E-state index in [2.05, 4.69) is 0 Å². The summed E-state index contributed by atoms with van der Waals surface area (Å²) in [6.07, 6.45) is 0. The molecule has 2 heterocycles. The van der Waals surface area contributed by atoms with E-state index in [1.165, 1.54) is 16.2 Å². The van der Waals surface area contributed by atoms with E-state index in [0.717, 1.165) is 36.3 Å². The topological polar surface area (TPSA) is 16.4 Å². The van der Waals surface area contributed by atoms with Gasteiger partial charge in [0.15, 0.2) is 0 Å². The minimum atomic E-state index is -0.454. The van der Waals surface area contributed by atoms with Gasteiger partial charge in [-0.1, -0.05) is 121 Å². The highest BCUT2D eigenvalue weighted by Gasteiger charge is 2.18. The van der Waals surface area contributed by atoms with Crippen molar-refractivity contribution in [3.8, 4) is 22.3 Å². The molecule has 0 aliphatic rings. The molecule has 10 aromatic rings. The second kappa shape index (κ2) is 11.2. The van der Waals surface area contributed by atoms with E-state index in [0.29, 0.717) is 33.4 Å². The van der Waals surface area contributed by atoms with Crippen LogP contribution in [0.5, 0.6) is 0 Å². The average molecular weight is 652 g/mol. The zero-order valence-corrected chi connectivity index (χ0v) is 26.7. The smallest absolute Gasteiger partial charge is 0.135 e. The second-order valence-corrected chi connectivity index (χ2v) is 12.9. The van der Waals surface area contributed by atoms with Crippen LogP contribution in [-0.2, 0) is 0 Å². The van der Waals surface area contributed by atoms with Crippen LogP contribution in [0.4, 0.5) is 17.1 Å². The summed E-state index contributed by atoms with van der Waals surface area (Å²) >= 11 is 1.52. The predicted octanol–water partition coefficient (Wildman–Crippen LogP) is 13.9. The Hall–Kier alpha value is -6.16. The molecule has 0 spiro atoms. The fourth-order valence-corrected chi connectivity index (χ4v) is 7.97. The van der Waals surface area contributed by atoms with E-state index in [1.807, 2.05) is 103 Å². The molecule has 2 aromatic heterocycles. The molecular weight excluding hydrogens is 615 g/mol. The maximum atomic E-state index is 9.89. The van der Waals surface area contributed by atoms with Crippen molar-refractivity contribution in [1.29, 1.82) is 0 Å². The van der Waals surface area contributed by atoms with Crippen LogP contribution in [-0.4, -0.2) is 0 Å². The predicted molar refractivity (Wildman–Crippen MR) is 210 cm³/mol. The van der Waals surface area contributed by atoms with Crippen molar-refractivity contribution in [2.24, 2.45) is 0 Å². The molecule has 0 saturated heterocycles. The minimum absolute atomic E-state index is 0.124. The number of furan rings is 1. The molecule has 3 heteroatoms. The Morgan fingerprint density at radius 1 is 0.490 bits per heavy atom. The number of nitrogens with zero attached hydrogens (tertiary/aromatic N) is 1. The summed E-state index contributed by atoms with van der Waals surface area (Å²) in [6, 6.07) is 36.7. The fourth-order valence-electron chi connectivity index (χ4n) is 6.74. The molecule has 0 fully saturated rings. The molecule has 230 valence electrons. The van der Waals surface area contributed by atoms with Crippen molar-refractivity contribution in [1.82, 2.24) is 0 Å².